The van der Waals surface area contributed by atoms with Crippen molar-refractivity contribution in [2.24, 2.45) is 0 Å². The topological polar surface area (TPSA) is 71.3 Å². The van der Waals surface area contributed by atoms with Gasteiger partial charge >= 0.3 is 5.97 Å². The fraction of sp³-hybridized carbons (Fsp3) is 0.241. The lowest BCUT2D eigenvalue weighted by atomic mass is 9.88. The van der Waals surface area contributed by atoms with Gasteiger partial charge in [0.1, 0.15) is 12.4 Å². The monoisotopic (exact) mass is 470 g/mol. The van der Waals surface area contributed by atoms with E-state index in [1.54, 1.807) is 10.6 Å². The van der Waals surface area contributed by atoms with Gasteiger partial charge in [-0.1, -0.05) is 60.7 Å². The molecule has 0 radical (unpaired) electrons. The minimum absolute atomic E-state index is 0.0334. The highest BCUT2D eigenvalue weighted by Gasteiger charge is 2.29. The molecule has 1 amide bonds. The molecular weight excluding hydrogens is 443 g/mol. The van der Waals surface area contributed by atoms with Gasteiger partial charge in [-0.15, -0.1) is 0 Å². The molecule has 0 saturated carbocycles. The smallest absolute Gasteiger partial charge is 0.323 e. The number of amides is 1. The van der Waals surface area contributed by atoms with Crippen molar-refractivity contribution in [3.05, 3.63) is 107 Å². The summed E-state index contributed by atoms with van der Waals surface area (Å²) in [6, 6.07) is 24.1. The predicted molar refractivity (Wildman–Crippen MR) is 133 cm³/mol. The van der Waals surface area contributed by atoms with E-state index in [1.165, 1.54) is 12.1 Å². The number of carbonyl (C=O) groups excluding carboxylic acids is 1. The third-order valence-corrected chi connectivity index (χ3v) is 6.87. The van der Waals surface area contributed by atoms with Crippen LogP contribution in [0.25, 0.3) is 10.9 Å². The molecule has 5 rings (SSSR count). The number of nitrogens with one attached hydrogen (secondary N) is 1. The molecule has 5 nitrogen and oxygen atoms in total. The van der Waals surface area contributed by atoms with Gasteiger partial charge in [-0.2, -0.15) is 0 Å². The Bertz CT molecular complexity index is 1370. The minimum atomic E-state index is -0.934. The standard InChI is InChI=1S/C29H27FN2O3/c30-21-11-13-26-24(16-21)25-17-22(12-14-27(25)32(26)18-28(33)34)31-29(35)23(20-9-5-2-6-10-20)15-19-7-3-1-4-8-19/h1-11,13,16,22-23H,12,14-15,17-18H2,(H,31,35)(H,33,34)/t22-,23?/m0/s1. The first-order valence-electron chi connectivity index (χ1n) is 11.9. The fourth-order valence-electron chi connectivity index (χ4n) is 5.26. The van der Waals surface area contributed by atoms with Crippen LogP contribution in [-0.4, -0.2) is 27.6 Å². The largest absolute Gasteiger partial charge is 0.480 e. The van der Waals surface area contributed by atoms with Gasteiger partial charge in [0.2, 0.25) is 5.91 Å². The van der Waals surface area contributed by atoms with E-state index < -0.39 is 5.97 Å². The highest BCUT2D eigenvalue weighted by atomic mass is 19.1. The lowest BCUT2D eigenvalue weighted by Crippen LogP contribution is -2.42. The molecule has 1 aliphatic carbocycles. The van der Waals surface area contributed by atoms with E-state index >= 15 is 0 Å². The van der Waals surface area contributed by atoms with Crippen LogP contribution in [0.15, 0.2) is 78.9 Å². The number of carbonyl (C=O) groups is 2. The van der Waals surface area contributed by atoms with Gasteiger partial charge in [0.15, 0.2) is 0 Å². The van der Waals surface area contributed by atoms with Crippen LogP contribution in [0.2, 0.25) is 0 Å². The summed E-state index contributed by atoms with van der Waals surface area (Å²) >= 11 is 0. The quantitative estimate of drug-likeness (QED) is 0.405. The number of carboxylic acids is 1. The molecule has 6 heteroatoms. The average Bonchev–Trinajstić information content (AvgIpc) is 3.15. The van der Waals surface area contributed by atoms with E-state index in [9.17, 15) is 19.1 Å². The molecule has 1 aliphatic rings. The summed E-state index contributed by atoms with van der Waals surface area (Å²) in [6.07, 6.45) is 2.46. The molecule has 1 unspecified atom stereocenters. The summed E-state index contributed by atoms with van der Waals surface area (Å²) in [6.45, 7) is -0.165. The van der Waals surface area contributed by atoms with Crippen LogP contribution in [-0.2, 0) is 35.4 Å². The number of rotatable bonds is 7. The van der Waals surface area contributed by atoms with Crippen molar-refractivity contribution in [3.63, 3.8) is 0 Å². The zero-order valence-corrected chi connectivity index (χ0v) is 19.3. The molecule has 1 aromatic heterocycles. The van der Waals surface area contributed by atoms with Crippen molar-refractivity contribution in [2.75, 3.05) is 0 Å². The van der Waals surface area contributed by atoms with E-state index in [4.69, 9.17) is 0 Å². The molecule has 2 N–H and O–H groups in total. The molecule has 35 heavy (non-hydrogen) atoms. The highest BCUT2D eigenvalue weighted by molar-refractivity contribution is 5.88. The summed E-state index contributed by atoms with van der Waals surface area (Å²) in [4.78, 5) is 25.0. The van der Waals surface area contributed by atoms with Crippen LogP contribution in [0.4, 0.5) is 4.39 Å². The van der Waals surface area contributed by atoms with Gasteiger partial charge in [0.25, 0.3) is 0 Å². The van der Waals surface area contributed by atoms with Crippen LogP contribution in [0, 0.1) is 5.82 Å². The summed E-state index contributed by atoms with van der Waals surface area (Å²) in [5.41, 5.74) is 4.62. The number of benzene rings is 3. The van der Waals surface area contributed by atoms with Crippen molar-refractivity contribution >= 4 is 22.8 Å². The Kier molecular flexibility index (Phi) is 6.36. The van der Waals surface area contributed by atoms with Gasteiger partial charge in [0, 0.05) is 22.6 Å². The zero-order valence-electron chi connectivity index (χ0n) is 19.3. The Balaban J connectivity index is 1.41. The lowest BCUT2D eigenvalue weighted by molar-refractivity contribution is -0.137. The summed E-state index contributed by atoms with van der Waals surface area (Å²) in [5.74, 6) is -1.65. The normalized spacial score (nSPS) is 16.0. The van der Waals surface area contributed by atoms with Crippen molar-refractivity contribution < 1.29 is 19.1 Å². The van der Waals surface area contributed by atoms with Gasteiger partial charge in [-0.05, 0) is 60.6 Å². The lowest BCUT2D eigenvalue weighted by Gasteiger charge is -2.27. The van der Waals surface area contributed by atoms with Crippen LogP contribution in [0.5, 0.6) is 0 Å². The molecule has 0 fully saturated rings. The van der Waals surface area contributed by atoms with Gasteiger partial charge in [-0.25, -0.2) is 4.39 Å². The maximum Gasteiger partial charge on any atom is 0.323 e. The second-order valence-corrected chi connectivity index (χ2v) is 9.17. The van der Waals surface area contributed by atoms with Crippen molar-refractivity contribution in [2.45, 2.75) is 44.2 Å². The number of hydrogen-bond acceptors (Lipinski definition) is 2. The maximum absolute atomic E-state index is 14.1. The fourth-order valence-corrected chi connectivity index (χ4v) is 5.26. The Labute approximate surface area is 203 Å². The molecule has 0 aliphatic heterocycles. The van der Waals surface area contributed by atoms with E-state index in [1.807, 2.05) is 60.7 Å². The maximum atomic E-state index is 14.1. The Hall–Kier alpha value is -3.93. The van der Waals surface area contributed by atoms with Gasteiger partial charge in [-0.3, -0.25) is 9.59 Å². The first-order chi connectivity index (χ1) is 17.0. The SMILES string of the molecule is O=C(O)Cn1c2c(c3cc(F)ccc31)C[C@@H](NC(=O)C(Cc1ccccc1)c1ccccc1)CC2. The number of hydrogen-bond donors (Lipinski definition) is 2. The van der Waals surface area contributed by atoms with Crippen LogP contribution in [0.3, 0.4) is 0 Å². The highest BCUT2D eigenvalue weighted by Crippen LogP contribution is 2.33. The Morgan fingerprint density at radius 3 is 2.46 bits per heavy atom. The van der Waals surface area contributed by atoms with E-state index in [0.29, 0.717) is 25.7 Å². The Morgan fingerprint density at radius 2 is 1.74 bits per heavy atom. The second kappa shape index (κ2) is 9.74. The minimum Gasteiger partial charge on any atom is -0.480 e. The van der Waals surface area contributed by atoms with Crippen molar-refractivity contribution in [3.8, 4) is 0 Å². The molecular formula is C29H27FN2O3. The third kappa shape index (κ3) is 4.83. The number of aliphatic carboxylic acids is 1. The van der Waals surface area contributed by atoms with Crippen molar-refractivity contribution in [1.29, 1.82) is 0 Å². The van der Waals surface area contributed by atoms with E-state index in [2.05, 4.69) is 5.32 Å². The molecule has 178 valence electrons. The van der Waals surface area contributed by atoms with E-state index in [-0.39, 0.29) is 30.2 Å². The molecule has 0 spiro atoms. The second-order valence-electron chi connectivity index (χ2n) is 9.17. The predicted octanol–water partition coefficient (Wildman–Crippen LogP) is 4.87. The summed E-state index contributed by atoms with van der Waals surface area (Å²) in [5, 5.41) is 13.4. The van der Waals surface area contributed by atoms with Gasteiger partial charge in [0.05, 0.1) is 5.92 Å². The molecule has 3 aromatic carbocycles. The average molecular weight is 471 g/mol. The zero-order chi connectivity index (χ0) is 24.4. The third-order valence-electron chi connectivity index (χ3n) is 6.87. The number of nitrogens with zero attached hydrogens (tertiary/aromatic N) is 1. The molecule has 0 bridgehead atoms. The van der Waals surface area contributed by atoms with Crippen LogP contribution in [0.1, 0.15) is 34.7 Å². The number of aromatic nitrogens is 1. The van der Waals surface area contributed by atoms with Crippen LogP contribution >= 0.6 is 0 Å². The Morgan fingerprint density at radius 1 is 1.03 bits per heavy atom. The van der Waals surface area contributed by atoms with Crippen LogP contribution < -0.4 is 5.32 Å². The summed E-state index contributed by atoms with van der Waals surface area (Å²) in [7, 11) is 0. The summed E-state index contributed by atoms with van der Waals surface area (Å²) < 4.78 is 15.9. The van der Waals surface area contributed by atoms with Gasteiger partial charge < -0.3 is 15.0 Å². The molecule has 0 saturated heterocycles. The molecule has 2 atom stereocenters. The van der Waals surface area contributed by atoms with Crippen molar-refractivity contribution in [1.82, 2.24) is 9.88 Å². The number of halogens is 1. The number of fused-ring (bicyclic) bond motifs is 3. The molecule has 1 heterocycles. The first-order valence-corrected chi connectivity index (χ1v) is 11.9. The first kappa shape index (κ1) is 22.8. The molecule has 4 aromatic rings. The number of carboxylic acid groups (broad SMARTS) is 1. The van der Waals surface area contributed by atoms with E-state index in [0.717, 1.165) is 33.3 Å².